The molecule has 0 aromatic carbocycles. The number of pyridine rings is 1. The minimum atomic E-state index is -0.958. The molecule has 1 N–H and O–H groups in total. The summed E-state index contributed by atoms with van der Waals surface area (Å²) in [6, 6.07) is 2.41. The third-order valence-electron chi connectivity index (χ3n) is 2.79. The Labute approximate surface area is 96.8 Å². The summed E-state index contributed by atoms with van der Waals surface area (Å²) in [6.07, 6.45) is 2.54. The van der Waals surface area contributed by atoms with Gasteiger partial charge in [0.15, 0.2) is 0 Å². The van der Waals surface area contributed by atoms with Gasteiger partial charge in [-0.15, -0.1) is 0 Å². The number of carboxylic acid groups (broad SMARTS) is 1. The molecule has 0 saturated carbocycles. The zero-order valence-electron chi connectivity index (χ0n) is 8.94. The van der Waals surface area contributed by atoms with E-state index in [-0.39, 0.29) is 11.5 Å². The van der Waals surface area contributed by atoms with E-state index in [9.17, 15) is 14.9 Å². The molecule has 1 saturated heterocycles. The molecule has 2 rings (SSSR count). The van der Waals surface area contributed by atoms with Crippen molar-refractivity contribution in [2.75, 3.05) is 11.4 Å². The zero-order valence-corrected chi connectivity index (χ0v) is 8.94. The second-order valence-corrected chi connectivity index (χ2v) is 3.79. The van der Waals surface area contributed by atoms with Gasteiger partial charge in [-0.05, 0) is 34.9 Å². The van der Waals surface area contributed by atoms with Crippen LogP contribution < -0.4 is 4.90 Å². The Hall–Kier alpha value is -2.18. The lowest BCUT2D eigenvalue weighted by Crippen LogP contribution is -2.36. The van der Waals surface area contributed by atoms with Crippen LogP contribution >= 0.6 is 0 Å². The Balaban J connectivity index is 2.39. The van der Waals surface area contributed by atoms with Crippen molar-refractivity contribution in [3.63, 3.8) is 0 Å². The average molecular weight is 237 g/mol. The standard InChI is InChI=1S/C10H11N3O4/c14-10(15)8-4-2-6-12(8)7-3-1-5-11-9(7)13(16)17/h1,3,5,8H,2,4,6H2,(H,14,15). The highest BCUT2D eigenvalue weighted by Crippen LogP contribution is 2.31. The number of hydrogen-bond acceptors (Lipinski definition) is 5. The van der Waals surface area contributed by atoms with Crippen LogP contribution in [0.1, 0.15) is 12.8 Å². The Morgan fingerprint density at radius 2 is 2.41 bits per heavy atom. The zero-order chi connectivity index (χ0) is 12.4. The fourth-order valence-electron chi connectivity index (χ4n) is 2.07. The molecule has 1 aromatic heterocycles. The molecular weight excluding hydrogens is 226 g/mol. The van der Waals surface area contributed by atoms with Crippen molar-refractivity contribution in [1.29, 1.82) is 0 Å². The summed E-state index contributed by atoms with van der Waals surface area (Å²) in [7, 11) is 0. The van der Waals surface area contributed by atoms with Crippen LogP contribution in [-0.4, -0.2) is 33.6 Å². The summed E-state index contributed by atoms with van der Waals surface area (Å²) >= 11 is 0. The number of carboxylic acids is 1. The monoisotopic (exact) mass is 237 g/mol. The van der Waals surface area contributed by atoms with E-state index in [1.54, 1.807) is 6.07 Å². The molecule has 7 nitrogen and oxygen atoms in total. The largest absolute Gasteiger partial charge is 0.480 e. The predicted octanol–water partition coefficient (Wildman–Crippen LogP) is 1.04. The van der Waals surface area contributed by atoms with Gasteiger partial charge in [-0.1, -0.05) is 0 Å². The SMILES string of the molecule is O=C(O)C1CCCN1c1cccnc1[N+](=O)[O-]. The number of nitro groups is 1. The molecule has 0 aliphatic carbocycles. The molecule has 0 spiro atoms. The van der Waals surface area contributed by atoms with Crippen molar-refractivity contribution in [2.45, 2.75) is 18.9 Å². The summed E-state index contributed by atoms with van der Waals surface area (Å²) in [6.45, 7) is 0.503. The molecule has 1 unspecified atom stereocenters. The van der Waals surface area contributed by atoms with Crippen LogP contribution in [0.5, 0.6) is 0 Å². The van der Waals surface area contributed by atoms with E-state index in [0.717, 1.165) is 0 Å². The minimum absolute atomic E-state index is 0.280. The second kappa shape index (κ2) is 4.36. The molecule has 0 bridgehead atoms. The van der Waals surface area contributed by atoms with Crippen LogP contribution in [0.25, 0.3) is 0 Å². The molecule has 7 heteroatoms. The lowest BCUT2D eigenvalue weighted by molar-refractivity contribution is -0.388. The molecule has 1 fully saturated rings. The Kier molecular flexibility index (Phi) is 2.90. The van der Waals surface area contributed by atoms with Gasteiger partial charge in [0.1, 0.15) is 17.9 Å². The molecule has 2 heterocycles. The Morgan fingerprint density at radius 1 is 1.65 bits per heavy atom. The van der Waals surface area contributed by atoms with Gasteiger partial charge in [0.2, 0.25) is 0 Å². The molecule has 0 radical (unpaired) electrons. The first kappa shape index (κ1) is 11.3. The Morgan fingerprint density at radius 3 is 3.06 bits per heavy atom. The van der Waals surface area contributed by atoms with Crippen molar-refractivity contribution < 1.29 is 14.8 Å². The quantitative estimate of drug-likeness (QED) is 0.623. The normalized spacial score (nSPS) is 19.3. The number of aliphatic carboxylic acids is 1. The van der Waals surface area contributed by atoms with Crippen LogP contribution in [-0.2, 0) is 4.79 Å². The summed E-state index contributed by atoms with van der Waals surface area (Å²) in [4.78, 5) is 26.5. The van der Waals surface area contributed by atoms with Gasteiger partial charge in [-0.3, -0.25) is 0 Å². The minimum Gasteiger partial charge on any atom is -0.480 e. The predicted molar refractivity (Wildman–Crippen MR) is 58.9 cm³/mol. The molecule has 17 heavy (non-hydrogen) atoms. The highest BCUT2D eigenvalue weighted by molar-refractivity contribution is 5.80. The lowest BCUT2D eigenvalue weighted by Gasteiger charge is -2.22. The van der Waals surface area contributed by atoms with Gasteiger partial charge in [0, 0.05) is 6.54 Å². The van der Waals surface area contributed by atoms with Crippen LogP contribution in [0.2, 0.25) is 0 Å². The smallest absolute Gasteiger partial charge is 0.387 e. The fraction of sp³-hybridized carbons (Fsp3) is 0.400. The van der Waals surface area contributed by atoms with Gasteiger partial charge in [-0.25, -0.2) is 4.79 Å². The van der Waals surface area contributed by atoms with Gasteiger partial charge in [-0.2, -0.15) is 0 Å². The first-order chi connectivity index (χ1) is 8.11. The van der Waals surface area contributed by atoms with E-state index in [0.29, 0.717) is 19.4 Å². The van der Waals surface area contributed by atoms with E-state index in [1.807, 2.05) is 0 Å². The second-order valence-electron chi connectivity index (χ2n) is 3.79. The van der Waals surface area contributed by atoms with E-state index in [2.05, 4.69) is 4.98 Å². The summed E-state index contributed by atoms with van der Waals surface area (Å²) in [5, 5.41) is 19.9. The van der Waals surface area contributed by atoms with Gasteiger partial charge < -0.3 is 20.1 Å². The van der Waals surface area contributed by atoms with Crippen molar-refractivity contribution in [2.24, 2.45) is 0 Å². The Bertz CT molecular complexity index is 463. The maximum absolute atomic E-state index is 11.0. The number of anilines is 1. The van der Waals surface area contributed by atoms with Crippen LogP contribution in [0.3, 0.4) is 0 Å². The van der Waals surface area contributed by atoms with Gasteiger partial charge in [0.05, 0.1) is 0 Å². The number of aromatic nitrogens is 1. The molecule has 1 atom stereocenters. The molecule has 1 aromatic rings. The number of nitrogens with zero attached hydrogens (tertiary/aromatic N) is 3. The maximum atomic E-state index is 11.0. The lowest BCUT2D eigenvalue weighted by atomic mass is 10.2. The highest BCUT2D eigenvalue weighted by Gasteiger charge is 2.34. The fourth-order valence-corrected chi connectivity index (χ4v) is 2.07. The van der Waals surface area contributed by atoms with Crippen molar-refractivity contribution in [3.05, 3.63) is 28.4 Å². The topological polar surface area (TPSA) is 96.6 Å². The average Bonchev–Trinajstić information content (AvgIpc) is 2.77. The first-order valence-electron chi connectivity index (χ1n) is 5.20. The summed E-state index contributed by atoms with van der Waals surface area (Å²) in [5.74, 6) is -1.25. The van der Waals surface area contributed by atoms with Crippen LogP contribution in [0.4, 0.5) is 11.5 Å². The third-order valence-corrected chi connectivity index (χ3v) is 2.79. The van der Waals surface area contributed by atoms with Crippen LogP contribution in [0, 0.1) is 10.1 Å². The van der Waals surface area contributed by atoms with E-state index in [4.69, 9.17) is 5.11 Å². The van der Waals surface area contributed by atoms with E-state index >= 15 is 0 Å². The van der Waals surface area contributed by atoms with Crippen molar-refractivity contribution in [3.8, 4) is 0 Å². The van der Waals surface area contributed by atoms with E-state index < -0.39 is 16.9 Å². The third kappa shape index (κ3) is 2.03. The summed E-state index contributed by atoms with van der Waals surface area (Å²) < 4.78 is 0. The van der Waals surface area contributed by atoms with Crippen molar-refractivity contribution in [1.82, 2.24) is 4.98 Å². The van der Waals surface area contributed by atoms with Crippen molar-refractivity contribution >= 4 is 17.5 Å². The molecule has 1 aliphatic heterocycles. The molecule has 1 aliphatic rings. The highest BCUT2D eigenvalue weighted by atomic mass is 16.6. The first-order valence-corrected chi connectivity index (χ1v) is 5.20. The maximum Gasteiger partial charge on any atom is 0.387 e. The number of rotatable bonds is 3. The molecule has 90 valence electrons. The molecule has 0 amide bonds. The number of carbonyl (C=O) groups is 1. The van der Waals surface area contributed by atoms with Crippen LogP contribution in [0.15, 0.2) is 18.3 Å². The molecular formula is C10H11N3O4. The summed E-state index contributed by atoms with van der Waals surface area (Å²) in [5.41, 5.74) is 0.280. The number of hydrogen-bond donors (Lipinski definition) is 1. The van der Waals surface area contributed by atoms with Gasteiger partial charge in [0.25, 0.3) is 0 Å². The van der Waals surface area contributed by atoms with E-state index in [1.165, 1.54) is 17.2 Å². The van der Waals surface area contributed by atoms with Gasteiger partial charge >= 0.3 is 11.8 Å².